The number of alkyl halides is 2. The minimum atomic E-state index is -1.35. The van der Waals surface area contributed by atoms with Gasteiger partial charge >= 0.3 is 0 Å². The molecule has 1 atom stereocenters. The average molecular weight is 217 g/mol. The predicted molar refractivity (Wildman–Crippen MR) is 48.4 cm³/mol. The first-order valence-electron chi connectivity index (χ1n) is 3.60. The van der Waals surface area contributed by atoms with Crippen LogP contribution in [0.1, 0.15) is 18.9 Å². The standard InChI is InChI=1S/C9H10BrF/c1-2-9(10,11)8-6-4-3-5-7-8/h3-7H,2H2,1H3. The minimum Gasteiger partial charge on any atom is -0.226 e. The van der Waals surface area contributed by atoms with Crippen LogP contribution in [0.15, 0.2) is 30.3 Å². The van der Waals surface area contributed by atoms with E-state index < -0.39 is 4.58 Å². The van der Waals surface area contributed by atoms with Gasteiger partial charge in [0.15, 0.2) is 4.58 Å². The molecule has 1 aromatic carbocycles. The fourth-order valence-corrected chi connectivity index (χ4v) is 1.15. The molecule has 0 aromatic heterocycles. The Balaban J connectivity index is 2.93. The van der Waals surface area contributed by atoms with Crippen molar-refractivity contribution in [2.45, 2.75) is 17.9 Å². The van der Waals surface area contributed by atoms with Gasteiger partial charge in [0.1, 0.15) is 0 Å². The summed E-state index contributed by atoms with van der Waals surface area (Å²) in [4.78, 5) is 0. The van der Waals surface area contributed by atoms with Crippen molar-refractivity contribution in [1.82, 2.24) is 0 Å². The quantitative estimate of drug-likeness (QED) is 0.663. The molecule has 0 nitrogen and oxygen atoms in total. The van der Waals surface area contributed by atoms with E-state index >= 15 is 0 Å². The van der Waals surface area contributed by atoms with Crippen LogP contribution in [0.3, 0.4) is 0 Å². The Morgan fingerprint density at radius 3 is 2.36 bits per heavy atom. The zero-order chi connectivity index (χ0) is 8.32. The molecule has 60 valence electrons. The molecule has 11 heavy (non-hydrogen) atoms. The molecule has 0 aliphatic rings. The van der Waals surface area contributed by atoms with Gasteiger partial charge in [0.2, 0.25) is 0 Å². The first-order valence-corrected chi connectivity index (χ1v) is 4.39. The molecule has 0 N–H and O–H groups in total. The van der Waals surface area contributed by atoms with E-state index in [9.17, 15) is 4.39 Å². The summed E-state index contributed by atoms with van der Waals surface area (Å²) in [5.41, 5.74) is 0.683. The van der Waals surface area contributed by atoms with Gasteiger partial charge in [-0.2, -0.15) is 0 Å². The highest BCUT2D eigenvalue weighted by Gasteiger charge is 2.24. The fourth-order valence-electron chi connectivity index (χ4n) is 0.886. The van der Waals surface area contributed by atoms with Crippen molar-refractivity contribution in [1.29, 1.82) is 0 Å². The Labute approximate surface area is 74.6 Å². The van der Waals surface area contributed by atoms with Crippen LogP contribution in [0.4, 0.5) is 4.39 Å². The third-order valence-corrected chi connectivity index (χ3v) is 2.66. The molecule has 0 radical (unpaired) electrons. The summed E-state index contributed by atoms with van der Waals surface area (Å²) in [6.07, 6.45) is 0.441. The molecule has 0 heterocycles. The second kappa shape index (κ2) is 3.35. The van der Waals surface area contributed by atoms with Gasteiger partial charge in [-0.15, -0.1) is 0 Å². The maximum Gasteiger partial charge on any atom is 0.189 e. The van der Waals surface area contributed by atoms with Crippen molar-refractivity contribution in [2.75, 3.05) is 0 Å². The Morgan fingerprint density at radius 1 is 1.36 bits per heavy atom. The SMILES string of the molecule is CCC(F)(Br)c1ccccc1. The van der Waals surface area contributed by atoms with E-state index in [4.69, 9.17) is 0 Å². The number of hydrogen-bond acceptors (Lipinski definition) is 0. The smallest absolute Gasteiger partial charge is 0.189 e. The average Bonchev–Trinajstić information content (AvgIpc) is 2.06. The molecular weight excluding hydrogens is 207 g/mol. The van der Waals surface area contributed by atoms with Crippen molar-refractivity contribution in [3.05, 3.63) is 35.9 Å². The van der Waals surface area contributed by atoms with Crippen molar-refractivity contribution in [3.63, 3.8) is 0 Å². The highest BCUT2D eigenvalue weighted by molar-refractivity contribution is 9.09. The van der Waals surface area contributed by atoms with Gasteiger partial charge in [-0.25, -0.2) is 4.39 Å². The number of halogens is 2. The second-order valence-corrected chi connectivity index (χ2v) is 3.68. The predicted octanol–water partition coefficient (Wildman–Crippen LogP) is 3.61. The maximum atomic E-state index is 13.5. The van der Waals surface area contributed by atoms with Crippen LogP contribution in [0.2, 0.25) is 0 Å². The third-order valence-electron chi connectivity index (χ3n) is 1.64. The van der Waals surface area contributed by atoms with Gasteiger partial charge in [0.05, 0.1) is 0 Å². The van der Waals surface area contributed by atoms with Crippen LogP contribution >= 0.6 is 15.9 Å². The highest BCUT2D eigenvalue weighted by atomic mass is 79.9. The van der Waals surface area contributed by atoms with Gasteiger partial charge in [0, 0.05) is 0 Å². The third kappa shape index (κ3) is 2.03. The van der Waals surface area contributed by atoms with Crippen molar-refractivity contribution < 1.29 is 4.39 Å². The Bertz CT molecular complexity index is 218. The zero-order valence-corrected chi connectivity index (χ0v) is 7.94. The molecule has 1 aromatic rings. The van der Waals surface area contributed by atoms with Crippen LogP contribution in [0.5, 0.6) is 0 Å². The van der Waals surface area contributed by atoms with Crippen LogP contribution in [0.25, 0.3) is 0 Å². The molecule has 0 bridgehead atoms. The lowest BCUT2D eigenvalue weighted by Crippen LogP contribution is -2.08. The van der Waals surface area contributed by atoms with E-state index in [1.807, 2.05) is 25.1 Å². The summed E-state index contributed by atoms with van der Waals surface area (Å²) in [5.74, 6) is 0. The zero-order valence-electron chi connectivity index (χ0n) is 6.35. The molecule has 0 amide bonds. The van der Waals surface area contributed by atoms with E-state index in [1.165, 1.54) is 0 Å². The van der Waals surface area contributed by atoms with Crippen molar-refractivity contribution in [3.8, 4) is 0 Å². The number of rotatable bonds is 2. The summed E-state index contributed by atoms with van der Waals surface area (Å²) in [5, 5.41) is 0. The monoisotopic (exact) mass is 216 g/mol. The van der Waals surface area contributed by atoms with Gasteiger partial charge in [-0.3, -0.25) is 0 Å². The Hall–Kier alpha value is -0.370. The Kier molecular flexibility index (Phi) is 2.66. The van der Waals surface area contributed by atoms with Crippen LogP contribution in [0, 0.1) is 0 Å². The lowest BCUT2D eigenvalue weighted by atomic mass is 10.1. The van der Waals surface area contributed by atoms with Crippen LogP contribution < -0.4 is 0 Å². The second-order valence-electron chi connectivity index (χ2n) is 2.42. The minimum absolute atomic E-state index is 0.441. The Morgan fingerprint density at radius 2 is 1.91 bits per heavy atom. The van der Waals surface area contributed by atoms with Gasteiger partial charge < -0.3 is 0 Å². The topological polar surface area (TPSA) is 0 Å². The maximum absolute atomic E-state index is 13.5. The van der Waals surface area contributed by atoms with E-state index in [0.29, 0.717) is 12.0 Å². The molecule has 1 unspecified atom stereocenters. The molecule has 0 spiro atoms. The molecule has 2 heteroatoms. The van der Waals surface area contributed by atoms with Crippen LogP contribution in [-0.4, -0.2) is 0 Å². The van der Waals surface area contributed by atoms with E-state index in [-0.39, 0.29) is 0 Å². The van der Waals surface area contributed by atoms with Crippen molar-refractivity contribution >= 4 is 15.9 Å². The van der Waals surface area contributed by atoms with Crippen LogP contribution in [-0.2, 0) is 4.58 Å². The lowest BCUT2D eigenvalue weighted by molar-refractivity contribution is 0.296. The summed E-state index contributed by atoms with van der Waals surface area (Å²) in [6.45, 7) is 1.81. The summed E-state index contributed by atoms with van der Waals surface area (Å²) >= 11 is 3.02. The molecule has 0 aliphatic carbocycles. The van der Waals surface area contributed by atoms with Crippen molar-refractivity contribution in [2.24, 2.45) is 0 Å². The molecule has 1 rings (SSSR count). The highest BCUT2D eigenvalue weighted by Crippen LogP contribution is 2.35. The molecule has 0 saturated carbocycles. The molecular formula is C9H10BrF. The van der Waals surface area contributed by atoms with Gasteiger partial charge in [-0.05, 0) is 27.9 Å². The van der Waals surface area contributed by atoms with Gasteiger partial charge in [-0.1, -0.05) is 37.3 Å². The number of benzene rings is 1. The molecule has 0 aliphatic heterocycles. The normalized spacial score (nSPS) is 15.9. The first kappa shape index (κ1) is 8.72. The summed E-state index contributed by atoms with van der Waals surface area (Å²) in [7, 11) is 0. The van der Waals surface area contributed by atoms with E-state index in [0.717, 1.165) is 0 Å². The van der Waals surface area contributed by atoms with E-state index in [2.05, 4.69) is 15.9 Å². The number of hydrogen-bond donors (Lipinski definition) is 0. The van der Waals surface area contributed by atoms with Gasteiger partial charge in [0.25, 0.3) is 0 Å². The summed E-state index contributed by atoms with van der Waals surface area (Å²) < 4.78 is 12.1. The first-order chi connectivity index (χ1) is 5.17. The largest absolute Gasteiger partial charge is 0.226 e. The summed E-state index contributed by atoms with van der Waals surface area (Å²) in [6, 6.07) is 9.10. The lowest BCUT2D eigenvalue weighted by Gasteiger charge is -2.15. The molecule has 0 saturated heterocycles. The fraction of sp³-hybridized carbons (Fsp3) is 0.333. The molecule has 0 fully saturated rings. The van der Waals surface area contributed by atoms with E-state index in [1.54, 1.807) is 12.1 Å².